The highest BCUT2D eigenvalue weighted by molar-refractivity contribution is 5.36. The molecule has 1 N–H and O–H groups in total. The van der Waals surface area contributed by atoms with E-state index >= 15 is 0 Å². The molecule has 0 amide bonds. The highest BCUT2D eigenvalue weighted by Gasteiger charge is 2.10. The number of hydrogen-bond donors (Lipinski definition) is 1. The van der Waals surface area contributed by atoms with Crippen molar-refractivity contribution in [3.63, 3.8) is 0 Å². The molecule has 0 aliphatic rings. The quantitative estimate of drug-likeness (QED) is 0.882. The third-order valence-electron chi connectivity index (χ3n) is 2.91. The molecule has 0 spiro atoms. The van der Waals surface area contributed by atoms with Crippen LogP contribution >= 0.6 is 0 Å². The maximum Gasteiger partial charge on any atom is 0.169 e. The molecule has 0 atom stereocenters. The summed E-state index contributed by atoms with van der Waals surface area (Å²) in [4.78, 5) is 0. The largest absolute Gasteiger partial charge is 0.363 e. The molecule has 0 saturated heterocycles. The smallest absolute Gasteiger partial charge is 0.169 e. The van der Waals surface area contributed by atoms with Gasteiger partial charge in [0.1, 0.15) is 5.76 Å². The molecule has 2 aromatic heterocycles. The number of anilines is 1. The molecule has 0 fully saturated rings. The van der Waals surface area contributed by atoms with Gasteiger partial charge in [-0.15, -0.1) is 0 Å². The summed E-state index contributed by atoms with van der Waals surface area (Å²) in [5.74, 6) is 1.58. The van der Waals surface area contributed by atoms with Gasteiger partial charge in [-0.1, -0.05) is 5.16 Å². The lowest BCUT2D eigenvalue weighted by atomic mass is 10.2. The summed E-state index contributed by atoms with van der Waals surface area (Å²) in [5.41, 5.74) is 3.50. The van der Waals surface area contributed by atoms with Gasteiger partial charge in [0.05, 0.1) is 5.69 Å². The second kappa shape index (κ2) is 4.61. The molecule has 2 rings (SSSR count). The first-order valence-electron chi connectivity index (χ1n) is 5.82. The summed E-state index contributed by atoms with van der Waals surface area (Å²) in [5, 5.41) is 11.6. The van der Waals surface area contributed by atoms with Gasteiger partial charge in [0, 0.05) is 30.4 Å². The van der Waals surface area contributed by atoms with Gasteiger partial charge in [-0.3, -0.25) is 4.68 Å². The summed E-state index contributed by atoms with van der Waals surface area (Å²) >= 11 is 0. The van der Waals surface area contributed by atoms with Crippen molar-refractivity contribution in [1.29, 1.82) is 0 Å². The summed E-state index contributed by atoms with van der Waals surface area (Å²) in [6.07, 6.45) is 0. The first-order valence-corrected chi connectivity index (χ1v) is 5.82. The highest BCUT2D eigenvalue weighted by atomic mass is 16.5. The average molecular weight is 234 g/mol. The minimum Gasteiger partial charge on any atom is -0.363 e. The maximum absolute atomic E-state index is 5.01. The van der Waals surface area contributed by atoms with E-state index in [1.54, 1.807) is 0 Å². The molecule has 92 valence electrons. The van der Waals surface area contributed by atoms with Crippen LogP contribution in [0.25, 0.3) is 0 Å². The molecule has 0 bridgehead atoms. The van der Waals surface area contributed by atoms with E-state index in [1.807, 2.05) is 24.6 Å². The zero-order chi connectivity index (χ0) is 12.4. The molecule has 17 heavy (non-hydrogen) atoms. The van der Waals surface area contributed by atoms with E-state index in [2.05, 4.69) is 29.4 Å². The van der Waals surface area contributed by atoms with Crippen molar-refractivity contribution in [2.24, 2.45) is 0 Å². The van der Waals surface area contributed by atoms with E-state index in [0.717, 1.165) is 30.4 Å². The van der Waals surface area contributed by atoms with Gasteiger partial charge in [-0.05, 0) is 27.7 Å². The number of nitrogens with zero attached hydrogens (tertiary/aromatic N) is 3. The van der Waals surface area contributed by atoms with Gasteiger partial charge < -0.3 is 9.84 Å². The van der Waals surface area contributed by atoms with Crippen LogP contribution in [0.1, 0.15) is 29.6 Å². The van der Waals surface area contributed by atoms with Gasteiger partial charge >= 0.3 is 0 Å². The second-order valence-electron chi connectivity index (χ2n) is 4.14. The molecule has 0 unspecified atom stereocenters. The lowest BCUT2D eigenvalue weighted by Gasteiger charge is -2.03. The highest BCUT2D eigenvalue weighted by Crippen LogP contribution is 2.15. The minimum absolute atomic E-state index is 0.726. The number of rotatable bonds is 4. The first-order chi connectivity index (χ1) is 8.11. The standard InChI is InChI=1S/C12H18N4O/c1-5-16-10(4)11(9(3)14-16)7-13-12-6-8(2)17-15-12/h6H,5,7H2,1-4H3,(H,13,15). The van der Waals surface area contributed by atoms with Crippen LogP contribution in [0, 0.1) is 20.8 Å². The molecule has 0 aliphatic carbocycles. The molecular formula is C12H18N4O. The fourth-order valence-electron chi connectivity index (χ4n) is 1.93. The van der Waals surface area contributed by atoms with Crippen LogP contribution in [0.2, 0.25) is 0 Å². The monoisotopic (exact) mass is 234 g/mol. The third-order valence-corrected chi connectivity index (χ3v) is 2.91. The molecule has 5 nitrogen and oxygen atoms in total. The summed E-state index contributed by atoms with van der Waals surface area (Å²) in [6, 6.07) is 1.88. The Morgan fingerprint density at radius 2 is 2.12 bits per heavy atom. The molecule has 2 aromatic rings. The summed E-state index contributed by atoms with van der Waals surface area (Å²) in [6.45, 7) is 9.72. The van der Waals surface area contributed by atoms with Crippen LogP contribution in [-0.4, -0.2) is 14.9 Å². The van der Waals surface area contributed by atoms with Crippen LogP contribution in [-0.2, 0) is 13.1 Å². The fraction of sp³-hybridized carbons (Fsp3) is 0.500. The lowest BCUT2D eigenvalue weighted by Crippen LogP contribution is -2.03. The van der Waals surface area contributed by atoms with Crippen LogP contribution in [0.15, 0.2) is 10.6 Å². The number of aryl methyl sites for hydroxylation is 3. The topological polar surface area (TPSA) is 55.9 Å². The average Bonchev–Trinajstić information content (AvgIpc) is 2.82. The van der Waals surface area contributed by atoms with Gasteiger partial charge in [0.15, 0.2) is 5.82 Å². The van der Waals surface area contributed by atoms with E-state index in [9.17, 15) is 0 Å². The van der Waals surface area contributed by atoms with Crippen molar-refractivity contribution in [3.8, 4) is 0 Å². The van der Waals surface area contributed by atoms with Crippen LogP contribution in [0.5, 0.6) is 0 Å². The molecule has 0 aromatic carbocycles. The van der Waals surface area contributed by atoms with Crippen molar-refractivity contribution in [2.75, 3.05) is 5.32 Å². The Kier molecular flexibility index (Phi) is 3.17. The molecule has 2 heterocycles. The third kappa shape index (κ3) is 2.33. The van der Waals surface area contributed by atoms with Crippen LogP contribution < -0.4 is 5.32 Å². The van der Waals surface area contributed by atoms with Crippen molar-refractivity contribution < 1.29 is 4.52 Å². The normalized spacial score (nSPS) is 10.8. The SMILES string of the molecule is CCn1nc(C)c(CNc2cc(C)on2)c1C. The molecule has 0 radical (unpaired) electrons. The van der Waals surface area contributed by atoms with Crippen molar-refractivity contribution in [2.45, 2.75) is 40.8 Å². The Morgan fingerprint density at radius 3 is 2.65 bits per heavy atom. The second-order valence-corrected chi connectivity index (χ2v) is 4.14. The first kappa shape index (κ1) is 11.7. The van der Waals surface area contributed by atoms with Gasteiger partial charge in [-0.2, -0.15) is 5.10 Å². The van der Waals surface area contributed by atoms with Crippen LogP contribution in [0.3, 0.4) is 0 Å². The summed E-state index contributed by atoms with van der Waals surface area (Å²) < 4.78 is 7.02. The van der Waals surface area contributed by atoms with Gasteiger partial charge in [0.25, 0.3) is 0 Å². The molecular weight excluding hydrogens is 216 g/mol. The molecule has 0 saturated carbocycles. The zero-order valence-corrected chi connectivity index (χ0v) is 10.7. The Balaban J connectivity index is 2.11. The Hall–Kier alpha value is -1.78. The Bertz CT molecular complexity index is 513. The van der Waals surface area contributed by atoms with E-state index < -0.39 is 0 Å². The maximum atomic E-state index is 5.01. The molecule has 0 aliphatic heterocycles. The minimum atomic E-state index is 0.726. The predicted octanol–water partition coefficient (Wildman–Crippen LogP) is 2.43. The van der Waals surface area contributed by atoms with Gasteiger partial charge in [0.2, 0.25) is 0 Å². The number of nitrogens with one attached hydrogen (secondary N) is 1. The van der Waals surface area contributed by atoms with E-state index in [-0.39, 0.29) is 0 Å². The molecule has 5 heteroatoms. The van der Waals surface area contributed by atoms with E-state index in [0.29, 0.717) is 0 Å². The van der Waals surface area contributed by atoms with Crippen molar-refractivity contribution >= 4 is 5.82 Å². The van der Waals surface area contributed by atoms with Crippen molar-refractivity contribution in [1.82, 2.24) is 14.9 Å². The van der Waals surface area contributed by atoms with Crippen molar-refractivity contribution in [3.05, 3.63) is 28.8 Å². The summed E-state index contributed by atoms with van der Waals surface area (Å²) in [7, 11) is 0. The van der Waals surface area contributed by atoms with E-state index in [4.69, 9.17) is 4.52 Å². The Morgan fingerprint density at radius 1 is 1.35 bits per heavy atom. The fourth-order valence-corrected chi connectivity index (χ4v) is 1.93. The van der Waals surface area contributed by atoms with Crippen LogP contribution in [0.4, 0.5) is 5.82 Å². The number of hydrogen-bond acceptors (Lipinski definition) is 4. The Labute approximate surface area is 101 Å². The lowest BCUT2D eigenvalue weighted by molar-refractivity contribution is 0.399. The van der Waals surface area contributed by atoms with E-state index in [1.165, 1.54) is 11.3 Å². The van der Waals surface area contributed by atoms with Gasteiger partial charge in [-0.25, -0.2) is 0 Å². The number of aromatic nitrogens is 3. The predicted molar refractivity (Wildman–Crippen MR) is 65.9 cm³/mol. The zero-order valence-electron chi connectivity index (χ0n) is 10.7.